The van der Waals surface area contributed by atoms with Crippen LogP contribution >= 0.6 is 0 Å². The second-order valence-electron chi connectivity index (χ2n) is 5.79. The molecule has 3 heteroatoms. The molecule has 2 rings (SSSR count). The third kappa shape index (κ3) is 3.82. The van der Waals surface area contributed by atoms with E-state index in [0.29, 0.717) is 12.5 Å². The number of nitrogens with zero attached hydrogens (tertiary/aromatic N) is 1. The molecule has 20 heavy (non-hydrogen) atoms. The normalized spacial score (nSPS) is 23.2. The van der Waals surface area contributed by atoms with Gasteiger partial charge in [0.1, 0.15) is 5.82 Å². The molecule has 1 aromatic rings. The van der Waals surface area contributed by atoms with Crippen LogP contribution in [0.4, 0.5) is 4.39 Å². The third-order valence-electron chi connectivity index (χ3n) is 4.21. The molecule has 1 aliphatic heterocycles. The average Bonchev–Trinajstić information content (AvgIpc) is 2.43. The lowest BCUT2D eigenvalue weighted by atomic mass is 9.88. The minimum atomic E-state index is -0.240. The predicted octanol–water partition coefficient (Wildman–Crippen LogP) is 2.61. The Morgan fingerprint density at radius 2 is 2.15 bits per heavy atom. The first-order valence-corrected chi connectivity index (χ1v) is 7.30. The molecule has 0 spiro atoms. The van der Waals surface area contributed by atoms with Crippen LogP contribution in [0.15, 0.2) is 18.2 Å². The van der Waals surface area contributed by atoms with Crippen LogP contribution in [0.5, 0.6) is 0 Å². The standard InChI is InChI=1S/C17H23FN2/c1-13-7-9-20(11-14(13)2)12-16-5-6-17(18)10-15(16)4-3-8-19/h5-6,10,13-14H,7-9,11-12,19H2,1-2H3. The number of nitrogens with two attached hydrogens (primary N) is 1. The molecular formula is C17H23FN2. The Bertz CT molecular complexity index is 515. The predicted molar refractivity (Wildman–Crippen MR) is 80.6 cm³/mol. The van der Waals surface area contributed by atoms with Crippen LogP contribution in [-0.4, -0.2) is 24.5 Å². The Morgan fingerprint density at radius 1 is 1.35 bits per heavy atom. The van der Waals surface area contributed by atoms with Gasteiger partial charge in [-0.1, -0.05) is 31.8 Å². The molecule has 0 radical (unpaired) electrons. The number of halogens is 1. The van der Waals surface area contributed by atoms with Crippen molar-refractivity contribution in [3.63, 3.8) is 0 Å². The molecule has 2 nitrogen and oxygen atoms in total. The van der Waals surface area contributed by atoms with Crippen molar-refractivity contribution < 1.29 is 4.39 Å². The lowest BCUT2D eigenvalue weighted by Gasteiger charge is -2.35. The van der Waals surface area contributed by atoms with E-state index in [4.69, 9.17) is 5.73 Å². The summed E-state index contributed by atoms with van der Waals surface area (Å²) in [5.41, 5.74) is 7.26. The van der Waals surface area contributed by atoms with Gasteiger partial charge in [0, 0.05) is 18.7 Å². The largest absolute Gasteiger partial charge is 0.320 e. The summed E-state index contributed by atoms with van der Waals surface area (Å²) in [6, 6.07) is 4.87. The van der Waals surface area contributed by atoms with Crippen LogP contribution in [0.1, 0.15) is 31.4 Å². The van der Waals surface area contributed by atoms with Crippen molar-refractivity contribution in [2.45, 2.75) is 26.8 Å². The van der Waals surface area contributed by atoms with Crippen LogP contribution in [0.2, 0.25) is 0 Å². The van der Waals surface area contributed by atoms with Crippen molar-refractivity contribution in [1.29, 1.82) is 0 Å². The Hall–Kier alpha value is -1.37. The van der Waals surface area contributed by atoms with E-state index in [2.05, 4.69) is 30.6 Å². The van der Waals surface area contributed by atoms with Gasteiger partial charge < -0.3 is 5.73 Å². The van der Waals surface area contributed by atoms with Gasteiger partial charge in [0.05, 0.1) is 6.54 Å². The zero-order valence-corrected chi connectivity index (χ0v) is 12.3. The Balaban J connectivity index is 2.12. The Labute approximate surface area is 121 Å². The first-order valence-electron chi connectivity index (χ1n) is 7.30. The fourth-order valence-corrected chi connectivity index (χ4v) is 2.68. The highest BCUT2D eigenvalue weighted by atomic mass is 19.1. The molecule has 0 aliphatic carbocycles. The van der Waals surface area contributed by atoms with Crippen LogP contribution in [-0.2, 0) is 6.54 Å². The fraction of sp³-hybridized carbons (Fsp3) is 0.529. The SMILES string of the molecule is CC1CCN(Cc2ccc(F)cc2C#CCN)CC1C. The van der Waals surface area contributed by atoms with Crippen molar-refractivity contribution in [3.8, 4) is 11.8 Å². The second kappa shape index (κ2) is 6.88. The quantitative estimate of drug-likeness (QED) is 0.840. The average molecular weight is 274 g/mol. The maximum Gasteiger partial charge on any atom is 0.124 e. The van der Waals surface area contributed by atoms with Crippen molar-refractivity contribution >= 4 is 0 Å². The molecule has 108 valence electrons. The van der Waals surface area contributed by atoms with Gasteiger partial charge in [0.2, 0.25) is 0 Å². The van der Waals surface area contributed by atoms with Gasteiger partial charge in [0.25, 0.3) is 0 Å². The highest BCUT2D eigenvalue weighted by molar-refractivity contribution is 5.41. The van der Waals surface area contributed by atoms with Crippen LogP contribution in [0.3, 0.4) is 0 Å². The zero-order chi connectivity index (χ0) is 14.5. The van der Waals surface area contributed by atoms with Gasteiger partial charge >= 0.3 is 0 Å². The van der Waals surface area contributed by atoms with Gasteiger partial charge in [-0.3, -0.25) is 4.90 Å². The number of rotatable bonds is 2. The van der Waals surface area contributed by atoms with Crippen LogP contribution in [0.25, 0.3) is 0 Å². The zero-order valence-electron chi connectivity index (χ0n) is 12.3. The maximum atomic E-state index is 13.4. The molecule has 1 fully saturated rings. The molecule has 2 N–H and O–H groups in total. The molecule has 2 atom stereocenters. The molecular weight excluding hydrogens is 251 g/mol. The Kier molecular flexibility index (Phi) is 5.17. The van der Waals surface area contributed by atoms with E-state index in [-0.39, 0.29) is 5.82 Å². The maximum absolute atomic E-state index is 13.4. The second-order valence-corrected chi connectivity index (χ2v) is 5.79. The summed E-state index contributed by atoms with van der Waals surface area (Å²) in [5, 5.41) is 0. The van der Waals surface area contributed by atoms with E-state index >= 15 is 0 Å². The first kappa shape index (κ1) is 15.0. The first-order chi connectivity index (χ1) is 9.60. The van der Waals surface area contributed by atoms with Gasteiger partial charge in [-0.25, -0.2) is 4.39 Å². The Morgan fingerprint density at radius 3 is 2.85 bits per heavy atom. The summed E-state index contributed by atoms with van der Waals surface area (Å²) in [6.45, 7) is 7.96. The molecule has 0 amide bonds. The summed E-state index contributed by atoms with van der Waals surface area (Å²) in [7, 11) is 0. The minimum Gasteiger partial charge on any atom is -0.320 e. The number of hydrogen-bond donors (Lipinski definition) is 1. The van der Waals surface area contributed by atoms with Crippen LogP contribution in [0, 0.1) is 29.5 Å². The van der Waals surface area contributed by atoms with E-state index in [1.807, 2.05) is 6.07 Å². The molecule has 1 aliphatic rings. The lowest BCUT2D eigenvalue weighted by Crippen LogP contribution is -2.38. The van der Waals surface area contributed by atoms with E-state index in [1.165, 1.54) is 18.6 Å². The molecule has 1 aromatic carbocycles. The van der Waals surface area contributed by atoms with Crippen molar-refractivity contribution in [2.24, 2.45) is 17.6 Å². The molecule has 0 bridgehead atoms. The number of likely N-dealkylation sites (tertiary alicyclic amines) is 1. The summed E-state index contributed by atoms with van der Waals surface area (Å²) in [5.74, 6) is 7.06. The molecule has 0 aromatic heterocycles. The van der Waals surface area contributed by atoms with Crippen molar-refractivity contribution in [3.05, 3.63) is 35.1 Å². The number of hydrogen-bond acceptors (Lipinski definition) is 2. The number of piperidine rings is 1. The molecule has 0 saturated carbocycles. The van der Waals surface area contributed by atoms with Gasteiger partial charge in [-0.15, -0.1) is 0 Å². The van der Waals surface area contributed by atoms with E-state index in [9.17, 15) is 4.39 Å². The summed E-state index contributed by atoms with van der Waals surface area (Å²) in [6.07, 6.45) is 1.23. The van der Waals surface area contributed by atoms with Gasteiger partial charge in [-0.05, 0) is 42.5 Å². The van der Waals surface area contributed by atoms with E-state index in [1.54, 1.807) is 0 Å². The highest BCUT2D eigenvalue weighted by Gasteiger charge is 2.22. The molecule has 1 heterocycles. The minimum absolute atomic E-state index is 0.240. The third-order valence-corrected chi connectivity index (χ3v) is 4.21. The molecule has 2 unspecified atom stereocenters. The van der Waals surface area contributed by atoms with Crippen LogP contribution < -0.4 is 5.73 Å². The monoisotopic (exact) mass is 274 g/mol. The van der Waals surface area contributed by atoms with Gasteiger partial charge in [-0.2, -0.15) is 0 Å². The van der Waals surface area contributed by atoms with Crippen molar-refractivity contribution in [2.75, 3.05) is 19.6 Å². The van der Waals surface area contributed by atoms with Gasteiger partial charge in [0.15, 0.2) is 0 Å². The summed E-state index contributed by atoms with van der Waals surface area (Å²) in [4.78, 5) is 2.44. The fourth-order valence-electron chi connectivity index (χ4n) is 2.68. The summed E-state index contributed by atoms with van der Waals surface area (Å²) < 4.78 is 13.4. The van der Waals surface area contributed by atoms with Crippen molar-refractivity contribution in [1.82, 2.24) is 4.90 Å². The molecule has 1 saturated heterocycles. The van der Waals surface area contributed by atoms with E-state index in [0.717, 1.165) is 36.7 Å². The smallest absolute Gasteiger partial charge is 0.124 e. The topological polar surface area (TPSA) is 29.3 Å². The van der Waals surface area contributed by atoms with E-state index < -0.39 is 0 Å². The highest BCUT2D eigenvalue weighted by Crippen LogP contribution is 2.24. The lowest BCUT2D eigenvalue weighted by molar-refractivity contribution is 0.132. The number of benzene rings is 1. The summed E-state index contributed by atoms with van der Waals surface area (Å²) >= 11 is 0.